The molecule has 0 radical (unpaired) electrons. The molecule has 4 N–H and O–H groups in total. The van der Waals surface area contributed by atoms with Crippen molar-refractivity contribution in [3.8, 4) is 0 Å². The van der Waals surface area contributed by atoms with Gasteiger partial charge in [0.1, 0.15) is 0 Å². The van der Waals surface area contributed by atoms with Crippen molar-refractivity contribution in [3.63, 3.8) is 0 Å². The predicted molar refractivity (Wildman–Crippen MR) is 71.0 cm³/mol. The topological polar surface area (TPSA) is 55.3 Å². The van der Waals surface area contributed by atoms with Crippen molar-refractivity contribution in [2.24, 2.45) is 0 Å². The zero-order valence-electron chi connectivity index (χ0n) is 10.2. The second-order valence-corrected chi connectivity index (χ2v) is 4.22. The van der Waals surface area contributed by atoms with Crippen LogP contribution in [-0.4, -0.2) is 18.0 Å². The molecule has 1 aromatic rings. The number of nitrogens with zero attached hydrogens (tertiary/aromatic N) is 1. The van der Waals surface area contributed by atoms with Crippen molar-refractivity contribution < 1.29 is 0 Å². The Kier molecular flexibility index (Phi) is 4.38. The largest absolute Gasteiger partial charge is 0.399 e. The van der Waals surface area contributed by atoms with E-state index in [4.69, 9.17) is 11.5 Å². The number of rotatable bonds is 5. The standard InChI is InChI=1S/C13H21N3/c1-4-16(8-10(2)3)9-11-5-6-12(14)7-13(11)15/h5-7H,2,4,8-9,14-15H2,1,3H3. The van der Waals surface area contributed by atoms with Crippen LogP contribution in [0.5, 0.6) is 0 Å². The molecule has 0 unspecified atom stereocenters. The molecule has 0 aliphatic carbocycles. The number of anilines is 2. The van der Waals surface area contributed by atoms with Crippen LogP contribution in [0.3, 0.4) is 0 Å². The monoisotopic (exact) mass is 219 g/mol. The third kappa shape index (κ3) is 3.59. The lowest BCUT2D eigenvalue weighted by Crippen LogP contribution is -2.25. The van der Waals surface area contributed by atoms with E-state index < -0.39 is 0 Å². The fourth-order valence-electron chi connectivity index (χ4n) is 1.66. The van der Waals surface area contributed by atoms with Crippen LogP contribution in [-0.2, 0) is 6.54 Å². The molecular formula is C13H21N3. The number of nitrogens with two attached hydrogens (primary N) is 2. The first-order chi connectivity index (χ1) is 7.52. The van der Waals surface area contributed by atoms with Gasteiger partial charge < -0.3 is 11.5 Å². The Morgan fingerprint density at radius 3 is 2.56 bits per heavy atom. The van der Waals surface area contributed by atoms with Crippen LogP contribution in [0.1, 0.15) is 19.4 Å². The third-order valence-corrected chi connectivity index (χ3v) is 2.50. The van der Waals surface area contributed by atoms with E-state index in [1.54, 1.807) is 0 Å². The summed E-state index contributed by atoms with van der Waals surface area (Å²) >= 11 is 0. The Morgan fingerprint density at radius 2 is 2.06 bits per heavy atom. The van der Waals surface area contributed by atoms with Gasteiger partial charge in [-0.2, -0.15) is 0 Å². The summed E-state index contributed by atoms with van der Waals surface area (Å²) in [5.74, 6) is 0. The van der Waals surface area contributed by atoms with Gasteiger partial charge >= 0.3 is 0 Å². The Bertz CT molecular complexity index is 371. The highest BCUT2D eigenvalue weighted by molar-refractivity contribution is 5.56. The summed E-state index contributed by atoms with van der Waals surface area (Å²) in [6, 6.07) is 5.69. The molecule has 0 saturated heterocycles. The van der Waals surface area contributed by atoms with Gasteiger partial charge in [0.15, 0.2) is 0 Å². The van der Waals surface area contributed by atoms with Crippen LogP contribution in [0.25, 0.3) is 0 Å². The number of benzene rings is 1. The lowest BCUT2D eigenvalue weighted by molar-refractivity contribution is 0.305. The summed E-state index contributed by atoms with van der Waals surface area (Å²) in [4.78, 5) is 2.30. The van der Waals surface area contributed by atoms with Crippen molar-refractivity contribution in [3.05, 3.63) is 35.9 Å². The summed E-state index contributed by atoms with van der Waals surface area (Å²) in [6.45, 7) is 10.8. The lowest BCUT2D eigenvalue weighted by Gasteiger charge is -2.21. The average molecular weight is 219 g/mol. The van der Waals surface area contributed by atoms with Crippen molar-refractivity contribution in [1.82, 2.24) is 4.90 Å². The summed E-state index contributed by atoms with van der Waals surface area (Å²) in [6.07, 6.45) is 0. The van der Waals surface area contributed by atoms with Gasteiger partial charge in [0, 0.05) is 24.5 Å². The summed E-state index contributed by atoms with van der Waals surface area (Å²) in [5.41, 5.74) is 15.4. The van der Waals surface area contributed by atoms with Crippen molar-refractivity contribution in [1.29, 1.82) is 0 Å². The predicted octanol–water partition coefficient (Wildman–Crippen LogP) is 2.25. The molecule has 0 amide bonds. The Hall–Kier alpha value is -1.48. The maximum Gasteiger partial charge on any atom is 0.0380 e. The fraction of sp³-hybridized carbons (Fsp3) is 0.385. The Morgan fingerprint density at radius 1 is 1.38 bits per heavy atom. The van der Waals surface area contributed by atoms with Gasteiger partial charge in [0.25, 0.3) is 0 Å². The van der Waals surface area contributed by atoms with Crippen LogP contribution in [0.4, 0.5) is 11.4 Å². The molecule has 0 atom stereocenters. The molecule has 0 bridgehead atoms. The van der Waals surface area contributed by atoms with Crippen LogP contribution >= 0.6 is 0 Å². The third-order valence-electron chi connectivity index (χ3n) is 2.50. The van der Waals surface area contributed by atoms with Crippen LogP contribution < -0.4 is 11.5 Å². The molecule has 88 valence electrons. The Balaban J connectivity index is 2.73. The van der Waals surface area contributed by atoms with Gasteiger partial charge in [0.2, 0.25) is 0 Å². The van der Waals surface area contributed by atoms with Crippen molar-refractivity contribution in [2.75, 3.05) is 24.6 Å². The van der Waals surface area contributed by atoms with E-state index in [-0.39, 0.29) is 0 Å². The second kappa shape index (κ2) is 5.56. The van der Waals surface area contributed by atoms with E-state index in [2.05, 4.69) is 18.4 Å². The minimum Gasteiger partial charge on any atom is -0.399 e. The highest BCUT2D eigenvalue weighted by Crippen LogP contribution is 2.17. The molecule has 0 saturated carbocycles. The van der Waals surface area contributed by atoms with E-state index in [1.807, 2.05) is 25.1 Å². The first kappa shape index (κ1) is 12.6. The molecule has 0 heterocycles. The van der Waals surface area contributed by atoms with Crippen molar-refractivity contribution in [2.45, 2.75) is 20.4 Å². The minimum atomic E-state index is 0.712. The molecular weight excluding hydrogens is 198 g/mol. The zero-order chi connectivity index (χ0) is 12.1. The van der Waals surface area contributed by atoms with Gasteiger partial charge in [0.05, 0.1) is 0 Å². The number of hydrogen-bond donors (Lipinski definition) is 2. The minimum absolute atomic E-state index is 0.712. The molecule has 0 aliphatic rings. The molecule has 3 nitrogen and oxygen atoms in total. The SMILES string of the molecule is C=C(C)CN(CC)Cc1ccc(N)cc1N. The highest BCUT2D eigenvalue weighted by atomic mass is 15.1. The van der Waals surface area contributed by atoms with Gasteiger partial charge in [-0.05, 0) is 31.2 Å². The van der Waals surface area contributed by atoms with Crippen LogP contribution in [0, 0.1) is 0 Å². The van der Waals surface area contributed by atoms with Crippen molar-refractivity contribution >= 4 is 11.4 Å². The van der Waals surface area contributed by atoms with E-state index >= 15 is 0 Å². The lowest BCUT2D eigenvalue weighted by atomic mass is 10.1. The fourth-order valence-corrected chi connectivity index (χ4v) is 1.66. The Labute approximate surface area is 97.7 Å². The van der Waals surface area contributed by atoms with Crippen LogP contribution in [0.15, 0.2) is 30.4 Å². The van der Waals surface area contributed by atoms with E-state index in [9.17, 15) is 0 Å². The molecule has 1 rings (SSSR count). The molecule has 0 fully saturated rings. The molecule has 0 aliphatic heterocycles. The molecule has 1 aromatic carbocycles. The van der Waals surface area contributed by atoms with Gasteiger partial charge in [-0.15, -0.1) is 0 Å². The first-order valence-electron chi connectivity index (χ1n) is 5.53. The average Bonchev–Trinajstić information content (AvgIpc) is 2.20. The smallest absolute Gasteiger partial charge is 0.0380 e. The quantitative estimate of drug-likeness (QED) is 0.590. The van der Waals surface area contributed by atoms with Crippen LogP contribution in [0.2, 0.25) is 0 Å². The molecule has 3 heteroatoms. The summed E-state index contributed by atoms with van der Waals surface area (Å²) in [7, 11) is 0. The zero-order valence-corrected chi connectivity index (χ0v) is 10.2. The molecule has 16 heavy (non-hydrogen) atoms. The molecule has 0 aromatic heterocycles. The van der Waals surface area contributed by atoms with E-state index in [0.717, 1.165) is 36.5 Å². The first-order valence-corrected chi connectivity index (χ1v) is 5.53. The highest BCUT2D eigenvalue weighted by Gasteiger charge is 2.06. The number of likely N-dealkylation sites (N-methyl/N-ethyl adjacent to an activating group) is 1. The van der Waals surface area contributed by atoms with E-state index in [0.29, 0.717) is 5.69 Å². The normalized spacial score (nSPS) is 10.7. The van der Waals surface area contributed by atoms with Gasteiger partial charge in [-0.3, -0.25) is 4.90 Å². The molecule has 0 spiro atoms. The van der Waals surface area contributed by atoms with E-state index in [1.165, 1.54) is 0 Å². The van der Waals surface area contributed by atoms with Gasteiger partial charge in [-0.25, -0.2) is 0 Å². The van der Waals surface area contributed by atoms with Gasteiger partial charge in [-0.1, -0.05) is 25.1 Å². The second-order valence-electron chi connectivity index (χ2n) is 4.22. The maximum absolute atomic E-state index is 5.93. The summed E-state index contributed by atoms with van der Waals surface area (Å²) in [5, 5.41) is 0. The summed E-state index contributed by atoms with van der Waals surface area (Å²) < 4.78 is 0. The maximum atomic E-state index is 5.93. The number of hydrogen-bond acceptors (Lipinski definition) is 3. The number of nitrogen functional groups attached to an aromatic ring is 2.